The lowest BCUT2D eigenvalue weighted by molar-refractivity contribution is 0.102. The molecular weight excluding hydrogens is 367 g/mol. The van der Waals surface area contributed by atoms with Crippen molar-refractivity contribution >= 4 is 34.3 Å². The molecule has 0 fully saturated rings. The summed E-state index contributed by atoms with van der Waals surface area (Å²) in [5, 5.41) is 2.97. The Hall–Kier alpha value is -3.18. The summed E-state index contributed by atoms with van der Waals surface area (Å²) >= 11 is 6.19. The summed E-state index contributed by atoms with van der Waals surface area (Å²) in [6.07, 6.45) is 0. The molecule has 0 aliphatic heterocycles. The summed E-state index contributed by atoms with van der Waals surface area (Å²) in [6, 6.07) is 16.5. The Labute approximate surface area is 159 Å². The maximum Gasteiger partial charge on any atom is 0.258 e. The number of nitrogens with zero attached hydrogens (tertiary/aromatic N) is 1. The standard InChI is InChI=1S/C21H14ClFN2O2/c1-12-6-9-19-18(10-12)25-21(27-19)13-7-8-15(22)17(11-13)24-20(26)14-4-2-3-5-16(14)23/h2-11H,1H3,(H,24,26). The van der Waals surface area contributed by atoms with Crippen LogP contribution in [0.4, 0.5) is 10.1 Å². The highest BCUT2D eigenvalue weighted by Gasteiger charge is 2.15. The molecule has 0 aliphatic carbocycles. The summed E-state index contributed by atoms with van der Waals surface area (Å²) in [5.41, 5.74) is 3.44. The van der Waals surface area contributed by atoms with Crippen molar-refractivity contribution in [3.63, 3.8) is 0 Å². The zero-order chi connectivity index (χ0) is 19.0. The van der Waals surface area contributed by atoms with Gasteiger partial charge in [0.2, 0.25) is 5.89 Å². The van der Waals surface area contributed by atoms with Crippen LogP contribution in [0.25, 0.3) is 22.6 Å². The van der Waals surface area contributed by atoms with Crippen molar-refractivity contribution in [3.8, 4) is 11.5 Å². The molecule has 1 N–H and O–H groups in total. The molecule has 0 radical (unpaired) electrons. The maximum atomic E-state index is 13.8. The molecule has 0 unspecified atom stereocenters. The molecule has 4 rings (SSSR count). The smallest absolute Gasteiger partial charge is 0.258 e. The number of aryl methyl sites for hydroxylation is 1. The summed E-state index contributed by atoms with van der Waals surface area (Å²) in [7, 11) is 0. The first-order chi connectivity index (χ1) is 13.0. The van der Waals surface area contributed by atoms with Crippen LogP contribution in [0.1, 0.15) is 15.9 Å². The van der Waals surface area contributed by atoms with Gasteiger partial charge < -0.3 is 9.73 Å². The van der Waals surface area contributed by atoms with Gasteiger partial charge in [0, 0.05) is 5.56 Å². The van der Waals surface area contributed by atoms with Crippen LogP contribution in [-0.2, 0) is 0 Å². The molecule has 0 saturated heterocycles. The Morgan fingerprint density at radius 3 is 2.74 bits per heavy atom. The molecule has 4 nitrogen and oxygen atoms in total. The molecule has 4 aromatic rings. The van der Waals surface area contributed by atoms with Gasteiger partial charge >= 0.3 is 0 Å². The zero-order valence-corrected chi connectivity index (χ0v) is 15.0. The van der Waals surface area contributed by atoms with Crippen molar-refractivity contribution in [2.45, 2.75) is 6.92 Å². The number of hydrogen-bond donors (Lipinski definition) is 1. The van der Waals surface area contributed by atoms with Crippen LogP contribution in [-0.4, -0.2) is 10.9 Å². The fourth-order valence-electron chi connectivity index (χ4n) is 2.75. The number of carbonyl (C=O) groups excluding carboxylic acids is 1. The molecule has 27 heavy (non-hydrogen) atoms. The van der Waals surface area contributed by atoms with Crippen molar-refractivity contribution in [1.82, 2.24) is 4.98 Å². The molecule has 0 atom stereocenters. The summed E-state index contributed by atoms with van der Waals surface area (Å²) in [4.78, 5) is 16.8. The first-order valence-corrected chi connectivity index (χ1v) is 8.62. The lowest BCUT2D eigenvalue weighted by Gasteiger charge is -2.09. The highest BCUT2D eigenvalue weighted by molar-refractivity contribution is 6.34. The van der Waals surface area contributed by atoms with Gasteiger partial charge in [-0.05, 0) is 55.0 Å². The number of oxazole rings is 1. The molecule has 3 aromatic carbocycles. The van der Waals surface area contributed by atoms with E-state index in [4.69, 9.17) is 16.0 Å². The van der Waals surface area contributed by atoms with Gasteiger partial charge in [-0.3, -0.25) is 4.79 Å². The van der Waals surface area contributed by atoms with Gasteiger partial charge in [-0.1, -0.05) is 29.8 Å². The first kappa shape index (κ1) is 17.2. The van der Waals surface area contributed by atoms with E-state index >= 15 is 0 Å². The van der Waals surface area contributed by atoms with Crippen molar-refractivity contribution in [1.29, 1.82) is 0 Å². The first-order valence-electron chi connectivity index (χ1n) is 8.24. The van der Waals surface area contributed by atoms with E-state index in [1.54, 1.807) is 24.3 Å². The average molecular weight is 381 g/mol. The van der Waals surface area contributed by atoms with E-state index < -0.39 is 11.7 Å². The molecule has 1 amide bonds. The fraction of sp³-hybridized carbons (Fsp3) is 0.0476. The number of hydrogen-bond acceptors (Lipinski definition) is 3. The highest BCUT2D eigenvalue weighted by Crippen LogP contribution is 2.31. The molecule has 0 aliphatic rings. The predicted octanol–water partition coefficient (Wildman–Crippen LogP) is 5.85. The number of fused-ring (bicyclic) bond motifs is 1. The zero-order valence-electron chi connectivity index (χ0n) is 14.3. The SMILES string of the molecule is Cc1ccc2oc(-c3ccc(Cl)c(NC(=O)c4ccccc4F)c3)nc2c1. The molecule has 1 heterocycles. The van der Waals surface area contributed by atoms with Gasteiger partial charge in [0.1, 0.15) is 11.3 Å². The van der Waals surface area contributed by atoms with Gasteiger partial charge in [0.05, 0.1) is 16.3 Å². The minimum atomic E-state index is -0.600. The van der Waals surface area contributed by atoms with Gasteiger partial charge in [0.15, 0.2) is 5.58 Å². The van der Waals surface area contributed by atoms with Crippen LogP contribution >= 0.6 is 11.6 Å². The largest absolute Gasteiger partial charge is 0.436 e. The Balaban J connectivity index is 1.68. The lowest BCUT2D eigenvalue weighted by Crippen LogP contribution is -2.14. The third-order valence-corrected chi connectivity index (χ3v) is 4.45. The van der Waals surface area contributed by atoms with E-state index in [0.717, 1.165) is 11.1 Å². The summed E-state index contributed by atoms with van der Waals surface area (Å²) in [6.45, 7) is 1.98. The van der Waals surface area contributed by atoms with E-state index in [0.29, 0.717) is 27.7 Å². The summed E-state index contributed by atoms with van der Waals surface area (Å²) < 4.78 is 19.6. The molecule has 0 spiro atoms. The molecule has 134 valence electrons. The highest BCUT2D eigenvalue weighted by atomic mass is 35.5. The molecular formula is C21H14ClFN2O2. The number of anilines is 1. The van der Waals surface area contributed by atoms with Crippen LogP contribution in [0.15, 0.2) is 65.1 Å². The Kier molecular flexibility index (Phi) is 4.38. The van der Waals surface area contributed by atoms with Crippen LogP contribution in [0.5, 0.6) is 0 Å². The number of halogens is 2. The topological polar surface area (TPSA) is 55.1 Å². The Morgan fingerprint density at radius 1 is 1.11 bits per heavy atom. The average Bonchev–Trinajstić information content (AvgIpc) is 3.07. The van der Waals surface area contributed by atoms with Crippen LogP contribution in [0, 0.1) is 12.7 Å². The quantitative estimate of drug-likeness (QED) is 0.485. The molecule has 1 aromatic heterocycles. The van der Waals surface area contributed by atoms with Crippen molar-refractivity contribution < 1.29 is 13.6 Å². The van der Waals surface area contributed by atoms with Gasteiger partial charge in [-0.25, -0.2) is 9.37 Å². The summed E-state index contributed by atoms with van der Waals surface area (Å²) in [5.74, 6) is -0.773. The Morgan fingerprint density at radius 2 is 1.93 bits per heavy atom. The Bertz CT molecular complexity index is 1170. The number of amides is 1. The van der Waals surface area contributed by atoms with E-state index in [1.807, 2.05) is 25.1 Å². The van der Waals surface area contributed by atoms with Crippen molar-refractivity contribution in [2.24, 2.45) is 0 Å². The van der Waals surface area contributed by atoms with Crippen molar-refractivity contribution in [2.75, 3.05) is 5.32 Å². The molecule has 6 heteroatoms. The second-order valence-electron chi connectivity index (χ2n) is 6.12. The normalized spacial score (nSPS) is 10.9. The lowest BCUT2D eigenvalue weighted by atomic mass is 10.1. The third-order valence-electron chi connectivity index (χ3n) is 4.12. The van der Waals surface area contributed by atoms with E-state index in [-0.39, 0.29) is 5.56 Å². The van der Waals surface area contributed by atoms with E-state index in [2.05, 4.69) is 10.3 Å². The molecule has 0 saturated carbocycles. The maximum absolute atomic E-state index is 13.8. The minimum Gasteiger partial charge on any atom is -0.436 e. The van der Waals surface area contributed by atoms with Crippen molar-refractivity contribution in [3.05, 3.63) is 82.6 Å². The number of nitrogens with one attached hydrogen (secondary N) is 1. The number of benzene rings is 3. The number of carbonyl (C=O) groups is 1. The molecule has 0 bridgehead atoms. The van der Waals surface area contributed by atoms with E-state index in [9.17, 15) is 9.18 Å². The van der Waals surface area contributed by atoms with Crippen LogP contribution < -0.4 is 5.32 Å². The van der Waals surface area contributed by atoms with E-state index in [1.165, 1.54) is 18.2 Å². The van der Waals surface area contributed by atoms with Gasteiger partial charge in [-0.2, -0.15) is 0 Å². The van der Waals surface area contributed by atoms with Gasteiger partial charge in [0.25, 0.3) is 5.91 Å². The fourth-order valence-corrected chi connectivity index (χ4v) is 2.91. The third kappa shape index (κ3) is 3.41. The minimum absolute atomic E-state index is 0.0590. The van der Waals surface area contributed by atoms with Crippen LogP contribution in [0.3, 0.4) is 0 Å². The second-order valence-corrected chi connectivity index (χ2v) is 6.53. The monoisotopic (exact) mass is 380 g/mol. The second kappa shape index (κ2) is 6.85. The number of rotatable bonds is 3. The predicted molar refractivity (Wildman–Crippen MR) is 104 cm³/mol. The number of aromatic nitrogens is 1. The van der Waals surface area contributed by atoms with Crippen LogP contribution in [0.2, 0.25) is 5.02 Å². The van der Waals surface area contributed by atoms with Gasteiger partial charge in [-0.15, -0.1) is 0 Å².